The van der Waals surface area contributed by atoms with Crippen LogP contribution in [0.3, 0.4) is 0 Å². The molecule has 1 saturated heterocycles. The maximum atomic E-state index is 14.8. The van der Waals surface area contributed by atoms with Gasteiger partial charge in [-0.25, -0.2) is 9.37 Å². The van der Waals surface area contributed by atoms with Gasteiger partial charge in [0.25, 0.3) is 5.91 Å². The molecule has 2 bridgehead atoms. The minimum atomic E-state index is -0.762. The number of aromatic nitrogens is 2. The van der Waals surface area contributed by atoms with E-state index >= 15 is 0 Å². The number of carbonyl (C=O) groups is 4. The summed E-state index contributed by atoms with van der Waals surface area (Å²) in [7, 11) is 0. The third-order valence-corrected chi connectivity index (χ3v) is 8.33. The summed E-state index contributed by atoms with van der Waals surface area (Å²) in [6, 6.07) is 8.37. The van der Waals surface area contributed by atoms with E-state index in [-0.39, 0.29) is 48.7 Å². The van der Waals surface area contributed by atoms with Crippen molar-refractivity contribution >= 4 is 46.3 Å². The lowest BCUT2D eigenvalue weighted by Crippen LogP contribution is -2.55. The first kappa shape index (κ1) is 30.5. The minimum Gasteiger partial charge on any atom is -0.355 e. The van der Waals surface area contributed by atoms with Crippen LogP contribution in [0.4, 0.5) is 4.39 Å². The van der Waals surface area contributed by atoms with Crippen LogP contribution in [-0.4, -0.2) is 81.7 Å². The Bertz CT molecular complexity index is 1540. The average molecular weight is 611 g/mol. The second-order valence-corrected chi connectivity index (χ2v) is 12.0. The Morgan fingerprint density at radius 2 is 1.95 bits per heavy atom. The van der Waals surface area contributed by atoms with Gasteiger partial charge in [-0.2, -0.15) is 0 Å². The highest BCUT2D eigenvalue weighted by atomic mass is 35.5. The quantitative estimate of drug-likeness (QED) is 0.420. The molecule has 5 rings (SSSR count). The molecule has 2 atom stereocenters. The fourth-order valence-corrected chi connectivity index (χ4v) is 5.82. The zero-order valence-electron chi connectivity index (χ0n) is 24.3. The largest absolute Gasteiger partial charge is 0.355 e. The van der Waals surface area contributed by atoms with Crippen LogP contribution in [0.5, 0.6) is 0 Å². The molecule has 3 aromatic rings. The molecule has 0 saturated carbocycles. The van der Waals surface area contributed by atoms with Crippen LogP contribution in [0.2, 0.25) is 5.02 Å². The van der Waals surface area contributed by atoms with Gasteiger partial charge in [0.2, 0.25) is 17.7 Å². The summed E-state index contributed by atoms with van der Waals surface area (Å²) in [5.41, 5.74) is 2.06. The van der Waals surface area contributed by atoms with Crippen LogP contribution in [-0.2, 0) is 27.2 Å². The summed E-state index contributed by atoms with van der Waals surface area (Å²) in [6.07, 6.45) is 2.06. The molecule has 10 nitrogen and oxygen atoms in total. The molecule has 228 valence electrons. The molecular formula is C31H36ClFN6O4. The zero-order valence-corrected chi connectivity index (χ0v) is 25.0. The number of amides is 4. The fourth-order valence-electron chi connectivity index (χ4n) is 5.65. The first-order valence-corrected chi connectivity index (χ1v) is 15.0. The van der Waals surface area contributed by atoms with E-state index < -0.39 is 23.8 Å². The molecule has 0 spiro atoms. The average Bonchev–Trinajstić information content (AvgIpc) is 3.61. The van der Waals surface area contributed by atoms with E-state index in [2.05, 4.69) is 20.6 Å². The van der Waals surface area contributed by atoms with Gasteiger partial charge in [-0.3, -0.25) is 19.2 Å². The number of aromatic amines is 1. The Labute approximate surface area is 254 Å². The number of rotatable bonds is 3. The van der Waals surface area contributed by atoms with E-state index in [9.17, 15) is 23.6 Å². The summed E-state index contributed by atoms with van der Waals surface area (Å²) >= 11 is 6.09. The molecule has 43 heavy (non-hydrogen) atoms. The van der Waals surface area contributed by atoms with E-state index in [1.807, 2.05) is 13.8 Å². The van der Waals surface area contributed by atoms with Crippen LogP contribution in [0, 0.1) is 11.7 Å². The van der Waals surface area contributed by atoms with Crippen molar-refractivity contribution < 1.29 is 23.6 Å². The number of carbonyl (C=O) groups excluding carboxylic acids is 4. The molecule has 2 aliphatic rings. The van der Waals surface area contributed by atoms with Crippen molar-refractivity contribution in [2.45, 2.75) is 58.0 Å². The van der Waals surface area contributed by atoms with Gasteiger partial charge in [0.15, 0.2) is 0 Å². The SMILES string of the molecule is CC(C)[C@@H]1CN(C(=O)Cc2nc3ccc(Cl)cc3[nH]2)CC(=O)NCCCc2ccc(F)c(c2)C(=O)N2CCC[C@H]2C(=O)N1. The van der Waals surface area contributed by atoms with E-state index in [0.29, 0.717) is 60.7 Å². The predicted octanol–water partition coefficient (Wildman–Crippen LogP) is 3.23. The Hall–Kier alpha value is -3.99. The zero-order chi connectivity index (χ0) is 30.7. The lowest BCUT2D eigenvalue weighted by molar-refractivity contribution is -0.136. The van der Waals surface area contributed by atoms with Crippen molar-refractivity contribution in [2.75, 3.05) is 26.2 Å². The molecule has 1 fully saturated rings. The first-order valence-electron chi connectivity index (χ1n) is 14.7. The number of fused-ring (bicyclic) bond motifs is 4. The van der Waals surface area contributed by atoms with E-state index in [4.69, 9.17) is 11.6 Å². The third kappa shape index (κ3) is 7.15. The van der Waals surface area contributed by atoms with Gasteiger partial charge < -0.3 is 25.4 Å². The van der Waals surface area contributed by atoms with Gasteiger partial charge in [0, 0.05) is 30.7 Å². The Balaban J connectivity index is 1.40. The first-order chi connectivity index (χ1) is 20.6. The summed E-state index contributed by atoms with van der Waals surface area (Å²) in [5, 5.41) is 6.42. The smallest absolute Gasteiger partial charge is 0.257 e. The standard InChI is InChI=1S/C31H36ClFN6O4/c1-18(2)25-16-38(29(41)15-27-35-23-10-8-20(32)14-24(23)36-27)17-28(40)34-11-3-5-19-7-9-22(33)21(13-19)31(43)39-12-4-6-26(39)30(42)37-25/h7-10,13-14,18,25-26H,3-6,11-12,15-17H2,1-2H3,(H,34,40)(H,35,36)(H,37,42)/t25-,26-/m0/s1. The molecule has 3 N–H and O–H groups in total. The Morgan fingerprint density at radius 1 is 1.14 bits per heavy atom. The van der Waals surface area contributed by atoms with Gasteiger partial charge in [-0.05, 0) is 67.5 Å². The maximum Gasteiger partial charge on any atom is 0.257 e. The molecule has 2 aromatic carbocycles. The number of hydrogen-bond acceptors (Lipinski definition) is 5. The second kappa shape index (κ2) is 13.1. The number of aryl methyl sites for hydroxylation is 1. The molecule has 3 heterocycles. The summed E-state index contributed by atoms with van der Waals surface area (Å²) in [5.74, 6) is -1.84. The van der Waals surface area contributed by atoms with Gasteiger partial charge >= 0.3 is 0 Å². The Morgan fingerprint density at radius 3 is 2.74 bits per heavy atom. The van der Waals surface area contributed by atoms with Crippen LogP contribution in [0.1, 0.15) is 54.9 Å². The van der Waals surface area contributed by atoms with Crippen molar-refractivity contribution in [1.29, 1.82) is 0 Å². The number of H-pyrrole nitrogens is 1. The number of nitrogens with zero attached hydrogens (tertiary/aromatic N) is 3. The molecule has 0 aliphatic carbocycles. The Kier molecular flexibility index (Phi) is 9.29. The molecule has 0 radical (unpaired) electrons. The second-order valence-electron chi connectivity index (χ2n) is 11.6. The van der Waals surface area contributed by atoms with Gasteiger partial charge in [-0.15, -0.1) is 0 Å². The van der Waals surface area contributed by atoms with E-state index in [0.717, 1.165) is 5.56 Å². The van der Waals surface area contributed by atoms with Crippen molar-refractivity contribution in [2.24, 2.45) is 5.92 Å². The number of nitrogens with one attached hydrogen (secondary N) is 3. The number of hydrogen-bond donors (Lipinski definition) is 3. The lowest BCUT2D eigenvalue weighted by Gasteiger charge is -2.32. The summed E-state index contributed by atoms with van der Waals surface area (Å²) in [4.78, 5) is 64.1. The molecule has 12 heteroatoms. The summed E-state index contributed by atoms with van der Waals surface area (Å²) in [6.45, 7) is 4.40. The number of halogens is 2. The highest BCUT2D eigenvalue weighted by Gasteiger charge is 2.37. The topological polar surface area (TPSA) is 128 Å². The monoisotopic (exact) mass is 610 g/mol. The van der Waals surface area contributed by atoms with Crippen molar-refractivity contribution in [3.8, 4) is 0 Å². The predicted molar refractivity (Wildman–Crippen MR) is 160 cm³/mol. The molecule has 0 unspecified atom stereocenters. The number of imidazole rings is 1. The summed E-state index contributed by atoms with van der Waals surface area (Å²) < 4.78 is 14.8. The van der Waals surface area contributed by atoms with Crippen molar-refractivity contribution in [3.63, 3.8) is 0 Å². The van der Waals surface area contributed by atoms with Crippen LogP contribution in [0.15, 0.2) is 36.4 Å². The van der Waals surface area contributed by atoms with Gasteiger partial charge in [-0.1, -0.05) is 31.5 Å². The highest BCUT2D eigenvalue weighted by molar-refractivity contribution is 6.31. The van der Waals surface area contributed by atoms with Crippen LogP contribution in [0.25, 0.3) is 11.0 Å². The van der Waals surface area contributed by atoms with E-state index in [1.165, 1.54) is 21.9 Å². The minimum absolute atomic E-state index is 0.0596. The number of benzene rings is 2. The molecule has 2 aliphatic heterocycles. The van der Waals surface area contributed by atoms with Gasteiger partial charge in [0.05, 0.1) is 29.6 Å². The molecule has 1 aromatic heterocycles. The van der Waals surface area contributed by atoms with Gasteiger partial charge in [0.1, 0.15) is 17.7 Å². The van der Waals surface area contributed by atoms with Crippen molar-refractivity contribution in [3.05, 3.63) is 64.2 Å². The van der Waals surface area contributed by atoms with Crippen LogP contribution < -0.4 is 10.6 Å². The van der Waals surface area contributed by atoms with Crippen LogP contribution >= 0.6 is 11.6 Å². The molecular weight excluding hydrogens is 575 g/mol. The normalized spacial score (nSPS) is 20.6. The third-order valence-electron chi connectivity index (χ3n) is 8.09. The van der Waals surface area contributed by atoms with Crippen molar-refractivity contribution in [1.82, 2.24) is 30.4 Å². The van der Waals surface area contributed by atoms with E-state index in [1.54, 1.807) is 24.3 Å². The lowest BCUT2D eigenvalue weighted by atomic mass is 10.0. The fraction of sp³-hybridized carbons (Fsp3) is 0.452. The maximum absolute atomic E-state index is 14.8. The molecule has 4 amide bonds. The highest BCUT2D eigenvalue weighted by Crippen LogP contribution is 2.24.